The third-order valence-electron chi connectivity index (χ3n) is 1.30. The first-order valence-electron chi connectivity index (χ1n) is 5.31. The largest absolute Gasteiger partial charge is 0.378 e. The van der Waals surface area contributed by atoms with Gasteiger partial charge < -0.3 is 19.7 Å². The summed E-state index contributed by atoms with van der Waals surface area (Å²) in [7, 11) is 0. The van der Waals surface area contributed by atoms with Gasteiger partial charge in [-0.25, -0.2) is 0 Å². The molecule has 0 heterocycles. The Morgan fingerprint density at radius 2 is 1.18 bits per heavy atom. The monoisotopic (exact) mass is 240 g/mol. The minimum Gasteiger partial charge on any atom is -0.378 e. The molecule has 0 atom stereocenters. The van der Waals surface area contributed by atoms with Crippen molar-refractivity contribution in [2.45, 2.75) is 38.9 Å². The molecule has 0 aromatic rings. The van der Waals surface area contributed by atoms with E-state index in [0.717, 1.165) is 0 Å². The van der Waals surface area contributed by atoms with Crippen molar-refractivity contribution in [2.75, 3.05) is 20.0 Å². The zero-order valence-electron chi connectivity index (χ0n) is 10.8. The van der Waals surface area contributed by atoms with Crippen molar-refractivity contribution in [3.63, 3.8) is 0 Å². The molecule has 0 bridgehead atoms. The van der Waals surface area contributed by atoms with E-state index in [2.05, 4.69) is 23.7 Å². The van der Waals surface area contributed by atoms with Gasteiger partial charge in [-0.1, -0.05) is 23.7 Å². The van der Waals surface area contributed by atoms with E-state index in [0.29, 0.717) is 0 Å². The molecule has 96 valence electrons. The number of hydrogen-bond acceptors (Lipinski definition) is 4. The normalized spacial score (nSPS) is 11.2. The Hall–Kier alpha value is -1.04. The lowest BCUT2D eigenvalue weighted by Crippen LogP contribution is -2.15. The second-order valence-electron chi connectivity index (χ2n) is 4.54. The molecule has 2 N–H and O–H groups in total. The van der Waals surface area contributed by atoms with E-state index in [1.165, 1.54) is 0 Å². The predicted octanol–water partition coefficient (Wildman–Crippen LogP) is 0.526. The highest BCUT2D eigenvalue weighted by molar-refractivity contribution is 5.10. The maximum Gasteiger partial charge on any atom is 0.149 e. The van der Waals surface area contributed by atoms with E-state index in [-0.39, 0.29) is 20.0 Å². The van der Waals surface area contributed by atoms with Gasteiger partial charge in [0.1, 0.15) is 31.2 Å². The molecule has 0 aliphatic heterocycles. The molecule has 0 rings (SSSR count). The van der Waals surface area contributed by atoms with Gasteiger partial charge in [-0.3, -0.25) is 0 Å². The molecule has 0 aliphatic carbocycles. The Kier molecular flexibility index (Phi) is 6.87. The lowest BCUT2D eigenvalue weighted by molar-refractivity contribution is -0.0297. The molecule has 4 nitrogen and oxygen atoms in total. The summed E-state index contributed by atoms with van der Waals surface area (Å²) in [6.45, 7) is 6.88. The fraction of sp³-hybridized carbons (Fsp3) is 0.692. The van der Waals surface area contributed by atoms with Crippen LogP contribution in [0, 0.1) is 23.7 Å². The second-order valence-corrected chi connectivity index (χ2v) is 4.54. The van der Waals surface area contributed by atoms with Crippen LogP contribution < -0.4 is 0 Å². The first-order valence-corrected chi connectivity index (χ1v) is 5.31. The first-order chi connectivity index (χ1) is 7.71. The van der Waals surface area contributed by atoms with Crippen molar-refractivity contribution in [1.29, 1.82) is 0 Å². The fourth-order valence-corrected chi connectivity index (χ4v) is 0.749. The van der Waals surface area contributed by atoms with Crippen LogP contribution in [-0.2, 0) is 9.47 Å². The highest BCUT2D eigenvalue weighted by atomic mass is 16.7. The van der Waals surface area contributed by atoms with E-state index in [1.54, 1.807) is 27.7 Å². The van der Waals surface area contributed by atoms with Crippen molar-refractivity contribution in [3.05, 3.63) is 0 Å². The lowest BCUT2D eigenvalue weighted by atomic mass is 10.1. The predicted molar refractivity (Wildman–Crippen MR) is 64.9 cm³/mol. The molecule has 0 amide bonds. The van der Waals surface area contributed by atoms with Crippen molar-refractivity contribution < 1.29 is 19.7 Å². The molecule has 0 aliphatic rings. The SMILES string of the molecule is CC(C)(O)C#CCOCOCC#CC(C)(C)O. The zero-order valence-corrected chi connectivity index (χ0v) is 10.8. The summed E-state index contributed by atoms with van der Waals surface area (Å²) in [5, 5.41) is 18.5. The van der Waals surface area contributed by atoms with Gasteiger partial charge in [-0.05, 0) is 27.7 Å². The Bertz CT molecular complexity index is 291. The quantitative estimate of drug-likeness (QED) is 0.427. The average molecular weight is 240 g/mol. The summed E-state index contributed by atoms with van der Waals surface area (Å²) in [5.41, 5.74) is -2.00. The van der Waals surface area contributed by atoms with Gasteiger partial charge in [-0.2, -0.15) is 0 Å². The third kappa shape index (κ3) is 15.0. The van der Waals surface area contributed by atoms with Crippen LogP contribution in [0.3, 0.4) is 0 Å². The van der Waals surface area contributed by atoms with Gasteiger partial charge in [0.05, 0.1) is 0 Å². The van der Waals surface area contributed by atoms with Crippen molar-refractivity contribution in [2.24, 2.45) is 0 Å². The van der Waals surface area contributed by atoms with Crippen LogP contribution >= 0.6 is 0 Å². The molecule has 0 radical (unpaired) electrons. The van der Waals surface area contributed by atoms with Gasteiger partial charge in [-0.15, -0.1) is 0 Å². The van der Waals surface area contributed by atoms with Gasteiger partial charge in [0.2, 0.25) is 0 Å². The van der Waals surface area contributed by atoms with Crippen molar-refractivity contribution >= 4 is 0 Å². The zero-order chi connectivity index (χ0) is 13.4. The second kappa shape index (κ2) is 7.32. The highest BCUT2D eigenvalue weighted by Gasteiger charge is 2.05. The molecule has 0 aromatic heterocycles. The molecule has 0 unspecified atom stereocenters. The van der Waals surface area contributed by atoms with Gasteiger partial charge in [0, 0.05) is 0 Å². The number of rotatable bonds is 4. The van der Waals surface area contributed by atoms with Gasteiger partial charge in [0.15, 0.2) is 0 Å². The van der Waals surface area contributed by atoms with Crippen LogP contribution in [0.15, 0.2) is 0 Å². The van der Waals surface area contributed by atoms with E-state index in [9.17, 15) is 10.2 Å². The Morgan fingerprint density at radius 1 is 0.824 bits per heavy atom. The number of hydrogen-bond donors (Lipinski definition) is 2. The van der Waals surface area contributed by atoms with Crippen LogP contribution in [-0.4, -0.2) is 41.4 Å². The van der Waals surface area contributed by atoms with E-state index >= 15 is 0 Å². The van der Waals surface area contributed by atoms with E-state index in [4.69, 9.17) is 9.47 Å². The summed E-state index contributed by atoms with van der Waals surface area (Å²) in [6.07, 6.45) is 0. The topological polar surface area (TPSA) is 58.9 Å². The van der Waals surface area contributed by atoms with E-state index in [1.807, 2.05) is 0 Å². The minimum atomic E-state index is -0.998. The Morgan fingerprint density at radius 3 is 1.47 bits per heavy atom. The van der Waals surface area contributed by atoms with Crippen LogP contribution in [0.1, 0.15) is 27.7 Å². The standard InChI is InChI=1S/C13H20O4/c1-12(2,14)7-5-9-16-11-17-10-6-8-13(3,4)15/h14-15H,9-11H2,1-4H3. The maximum atomic E-state index is 9.26. The molecule has 0 fully saturated rings. The Balaban J connectivity index is 3.53. The van der Waals surface area contributed by atoms with Crippen LogP contribution in [0.2, 0.25) is 0 Å². The molecule has 17 heavy (non-hydrogen) atoms. The summed E-state index contributed by atoms with van der Waals surface area (Å²) >= 11 is 0. The van der Waals surface area contributed by atoms with Crippen LogP contribution in [0.4, 0.5) is 0 Å². The number of ether oxygens (including phenoxy) is 2. The van der Waals surface area contributed by atoms with E-state index < -0.39 is 11.2 Å². The molecule has 0 saturated carbocycles. The Labute approximate surface area is 103 Å². The van der Waals surface area contributed by atoms with Crippen molar-refractivity contribution in [1.82, 2.24) is 0 Å². The molecule has 0 aromatic carbocycles. The highest BCUT2D eigenvalue weighted by Crippen LogP contribution is 1.96. The summed E-state index contributed by atoms with van der Waals surface area (Å²) in [5.74, 6) is 10.5. The third-order valence-corrected chi connectivity index (χ3v) is 1.30. The molecule has 4 heteroatoms. The van der Waals surface area contributed by atoms with Gasteiger partial charge in [0.25, 0.3) is 0 Å². The lowest BCUT2D eigenvalue weighted by Gasteiger charge is -2.06. The molecular formula is C13H20O4. The molecule has 0 spiro atoms. The summed E-state index contributed by atoms with van der Waals surface area (Å²) in [4.78, 5) is 0. The smallest absolute Gasteiger partial charge is 0.149 e. The summed E-state index contributed by atoms with van der Waals surface area (Å²) < 4.78 is 10.0. The maximum absolute atomic E-state index is 9.26. The first kappa shape index (κ1) is 16.0. The van der Waals surface area contributed by atoms with Crippen molar-refractivity contribution in [3.8, 4) is 23.7 Å². The van der Waals surface area contributed by atoms with Crippen LogP contribution in [0.25, 0.3) is 0 Å². The van der Waals surface area contributed by atoms with Gasteiger partial charge >= 0.3 is 0 Å². The molecule has 0 saturated heterocycles. The average Bonchev–Trinajstić information content (AvgIpc) is 2.11. The summed E-state index contributed by atoms with van der Waals surface area (Å²) in [6, 6.07) is 0. The fourth-order valence-electron chi connectivity index (χ4n) is 0.749. The number of aliphatic hydroxyl groups is 2. The minimum absolute atomic E-state index is 0.0844. The molecular weight excluding hydrogens is 220 g/mol. The van der Waals surface area contributed by atoms with Crippen LogP contribution in [0.5, 0.6) is 0 Å².